The number of ether oxygens (including phenoxy) is 3. The van der Waals surface area contributed by atoms with E-state index < -0.39 is 23.7 Å². The molecule has 12 nitrogen and oxygen atoms in total. The van der Waals surface area contributed by atoms with Crippen LogP contribution in [-0.4, -0.2) is 85.8 Å². The number of unbranched alkanes of at least 4 members (excludes halogenated alkanes) is 1. The Morgan fingerprint density at radius 2 is 1.87 bits per heavy atom. The molecule has 0 radical (unpaired) electrons. The number of nitrogens with one attached hydrogen (secondary N) is 2. The molecule has 2 rings (SSSR count). The number of carbonyl (C=O) groups is 4. The van der Waals surface area contributed by atoms with Crippen molar-refractivity contribution < 1.29 is 38.2 Å². The molecule has 0 aliphatic carbocycles. The number of nitrogens with zero attached hydrogens (tertiary/aromatic N) is 2. The summed E-state index contributed by atoms with van der Waals surface area (Å²) in [7, 11) is 1.21. The van der Waals surface area contributed by atoms with Crippen molar-refractivity contribution in [3.8, 4) is 0 Å². The van der Waals surface area contributed by atoms with Gasteiger partial charge in [-0.1, -0.05) is 18.5 Å². The first-order valence-corrected chi connectivity index (χ1v) is 14.0. The summed E-state index contributed by atoms with van der Waals surface area (Å²) in [4.78, 5) is 55.7. The largest absolute Gasteiger partial charge is 0.467 e. The SMILES string of the molecule is CCCCOC(=O)N[C@@H](CNC(=O)CC1CC(CCCC2CCN(C(=O)OC(C)(C)C)CC2)=NO1)C(=O)OC. The van der Waals surface area contributed by atoms with Gasteiger partial charge in [0.25, 0.3) is 0 Å². The number of piperidine rings is 1. The van der Waals surface area contributed by atoms with E-state index in [1.807, 2.05) is 27.7 Å². The number of hydrogen-bond acceptors (Lipinski definition) is 9. The Kier molecular flexibility index (Phi) is 13.3. The number of alkyl carbamates (subject to hydrolysis) is 1. The van der Waals surface area contributed by atoms with Crippen LogP contribution in [0.15, 0.2) is 5.16 Å². The first kappa shape index (κ1) is 32.2. The van der Waals surface area contributed by atoms with Crippen molar-refractivity contribution in [1.82, 2.24) is 15.5 Å². The highest BCUT2D eigenvalue weighted by Gasteiger charge is 2.28. The van der Waals surface area contributed by atoms with Crippen molar-refractivity contribution in [2.24, 2.45) is 11.1 Å². The van der Waals surface area contributed by atoms with Gasteiger partial charge in [0.15, 0.2) is 0 Å². The van der Waals surface area contributed by atoms with Gasteiger partial charge in [-0.3, -0.25) is 4.79 Å². The summed E-state index contributed by atoms with van der Waals surface area (Å²) in [5.74, 6) is -0.433. The first-order chi connectivity index (χ1) is 18.5. The fraction of sp³-hybridized carbons (Fsp3) is 0.815. The minimum Gasteiger partial charge on any atom is -0.467 e. The summed E-state index contributed by atoms with van der Waals surface area (Å²) in [5, 5.41) is 9.22. The maximum absolute atomic E-state index is 12.4. The predicted octanol–water partition coefficient (Wildman–Crippen LogP) is 3.52. The molecule has 0 aromatic heterocycles. The van der Waals surface area contributed by atoms with Crippen molar-refractivity contribution in [3.05, 3.63) is 0 Å². The zero-order valence-corrected chi connectivity index (χ0v) is 24.1. The number of hydrogen-bond donors (Lipinski definition) is 2. The van der Waals surface area contributed by atoms with Gasteiger partial charge in [-0.2, -0.15) is 0 Å². The lowest BCUT2D eigenvalue weighted by Gasteiger charge is -2.33. The number of likely N-dealkylation sites (tertiary alicyclic amines) is 1. The average molecular weight is 555 g/mol. The highest BCUT2D eigenvalue weighted by atomic mass is 16.6. The normalized spacial score (nSPS) is 18.4. The van der Waals surface area contributed by atoms with Crippen LogP contribution in [0.5, 0.6) is 0 Å². The van der Waals surface area contributed by atoms with Gasteiger partial charge in [-0.25, -0.2) is 14.4 Å². The van der Waals surface area contributed by atoms with Gasteiger partial charge in [-0.05, 0) is 65.2 Å². The Balaban J connectivity index is 1.62. The number of rotatable bonds is 13. The Morgan fingerprint density at radius 1 is 1.15 bits per heavy atom. The van der Waals surface area contributed by atoms with E-state index in [1.54, 1.807) is 4.90 Å². The fourth-order valence-corrected chi connectivity index (χ4v) is 4.39. The van der Waals surface area contributed by atoms with Crippen molar-refractivity contribution in [3.63, 3.8) is 0 Å². The molecule has 222 valence electrons. The van der Waals surface area contributed by atoms with Crippen LogP contribution in [0.25, 0.3) is 0 Å². The number of esters is 1. The summed E-state index contributed by atoms with van der Waals surface area (Å²) in [6, 6.07) is -1.06. The van der Waals surface area contributed by atoms with Crippen LogP contribution >= 0.6 is 0 Å². The summed E-state index contributed by atoms with van der Waals surface area (Å²) in [6.07, 6.45) is 5.66. The highest BCUT2D eigenvalue weighted by molar-refractivity contribution is 5.87. The van der Waals surface area contributed by atoms with Crippen molar-refractivity contribution in [1.29, 1.82) is 0 Å². The van der Waals surface area contributed by atoms with E-state index in [2.05, 4.69) is 15.8 Å². The molecule has 1 saturated heterocycles. The van der Waals surface area contributed by atoms with E-state index in [-0.39, 0.29) is 37.7 Å². The topological polar surface area (TPSA) is 145 Å². The minimum absolute atomic E-state index is 0.0883. The second kappa shape index (κ2) is 16.1. The Hall–Kier alpha value is -3.05. The molecule has 0 saturated carbocycles. The maximum atomic E-state index is 12.4. The molecule has 2 N–H and O–H groups in total. The van der Waals surface area contributed by atoms with Gasteiger partial charge >= 0.3 is 18.2 Å². The van der Waals surface area contributed by atoms with Gasteiger partial charge in [0, 0.05) is 26.1 Å². The number of oxime groups is 1. The summed E-state index contributed by atoms with van der Waals surface area (Å²) < 4.78 is 15.2. The molecule has 0 aromatic rings. The molecular formula is C27H46N4O8. The number of carbonyl (C=O) groups excluding carboxylic acids is 4. The van der Waals surface area contributed by atoms with Crippen LogP contribution in [0.4, 0.5) is 9.59 Å². The molecule has 2 aliphatic rings. The third kappa shape index (κ3) is 12.6. The van der Waals surface area contributed by atoms with Crippen molar-refractivity contribution in [2.75, 3.05) is 33.4 Å². The minimum atomic E-state index is -1.06. The molecule has 2 aliphatic heterocycles. The molecule has 2 atom stereocenters. The fourth-order valence-electron chi connectivity index (χ4n) is 4.39. The van der Waals surface area contributed by atoms with Gasteiger partial charge < -0.3 is 34.6 Å². The summed E-state index contributed by atoms with van der Waals surface area (Å²) >= 11 is 0. The second-order valence-electron chi connectivity index (χ2n) is 11.1. The number of methoxy groups -OCH3 is 1. The zero-order valence-electron chi connectivity index (χ0n) is 24.1. The first-order valence-electron chi connectivity index (χ1n) is 14.0. The molecule has 0 aromatic carbocycles. The van der Waals surface area contributed by atoms with Crippen LogP contribution in [0, 0.1) is 5.92 Å². The molecule has 3 amide bonds. The molecule has 2 heterocycles. The van der Waals surface area contributed by atoms with E-state index in [4.69, 9.17) is 19.0 Å². The Bertz CT molecular complexity index is 849. The maximum Gasteiger partial charge on any atom is 0.410 e. The zero-order chi connectivity index (χ0) is 28.8. The molecular weight excluding hydrogens is 508 g/mol. The molecule has 39 heavy (non-hydrogen) atoms. The van der Waals surface area contributed by atoms with Crippen molar-refractivity contribution in [2.45, 2.75) is 103 Å². The third-order valence-electron chi connectivity index (χ3n) is 6.56. The van der Waals surface area contributed by atoms with Gasteiger partial charge in [-0.15, -0.1) is 0 Å². The lowest BCUT2D eigenvalue weighted by atomic mass is 9.91. The van der Waals surface area contributed by atoms with E-state index in [9.17, 15) is 19.2 Å². The van der Waals surface area contributed by atoms with Crippen LogP contribution < -0.4 is 10.6 Å². The van der Waals surface area contributed by atoms with Gasteiger partial charge in [0.05, 0.1) is 25.8 Å². The van der Waals surface area contributed by atoms with Crippen LogP contribution in [0.3, 0.4) is 0 Å². The van der Waals surface area contributed by atoms with Crippen LogP contribution in [0.2, 0.25) is 0 Å². The molecule has 12 heteroatoms. The second-order valence-corrected chi connectivity index (χ2v) is 11.1. The molecule has 1 unspecified atom stereocenters. The molecule has 1 fully saturated rings. The monoisotopic (exact) mass is 554 g/mol. The van der Waals surface area contributed by atoms with Crippen molar-refractivity contribution >= 4 is 29.8 Å². The number of amides is 3. The predicted molar refractivity (Wildman–Crippen MR) is 144 cm³/mol. The average Bonchev–Trinajstić information content (AvgIpc) is 3.32. The molecule has 0 spiro atoms. The lowest BCUT2D eigenvalue weighted by molar-refractivity contribution is -0.143. The van der Waals surface area contributed by atoms with E-state index in [1.165, 1.54) is 7.11 Å². The highest BCUT2D eigenvalue weighted by Crippen LogP contribution is 2.25. The Labute approximate surface area is 231 Å². The Morgan fingerprint density at radius 3 is 2.51 bits per heavy atom. The summed E-state index contributed by atoms with van der Waals surface area (Å²) in [5.41, 5.74) is 0.450. The van der Waals surface area contributed by atoms with E-state index in [0.717, 1.165) is 44.2 Å². The lowest BCUT2D eigenvalue weighted by Crippen LogP contribution is -2.49. The van der Waals surface area contributed by atoms with E-state index in [0.29, 0.717) is 31.8 Å². The summed E-state index contributed by atoms with van der Waals surface area (Å²) in [6.45, 7) is 9.14. The smallest absolute Gasteiger partial charge is 0.410 e. The van der Waals surface area contributed by atoms with Gasteiger partial charge in [0.1, 0.15) is 17.7 Å². The van der Waals surface area contributed by atoms with Crippen LogP contribution in [0.1, 0.15) is 85.5 Å². The van der Waals surface area contributed by atoms with Crippen LogP contribution in [-0.2, 0) is 28.6 Å². The quantitative estimate of drug-likeness (QED) is 0.200. The third-order valence-corrected chi connectivity index (χ3v) is 6.56. The van der Waals surface area contributed by atoms with E-state index >= 15 is 0 Å². The standard InChI is InChI=1S/C27H46N4O8/c1-6-7-15-37-25(34)29-22(24(33)36-5)18-28-23(32)17-21-16-20(30-39-21)10-8-9-19-11-13-31(14-12-19)26(35)38-27(2,3)4/h19,21-22H,6-18H2,1-5H3,(H,28,32)(H,29,34)/t21?,22-/m0/s1. The van der Waals surface area contributed by atoms with Gasteiger partial charge in [0.2, 0.25) is 5.91 Å². The molecule has 0 bridgehead atoms.